The number of nitrogens with one attached hydrogen (secondary N) is 3. The molecule has 1 aromatic carbocycles. The number of aryl methyl sites for hydroxylation is 1. The molecule has 7 heteroatoms. The summed E-state index contributed by atoms with van der Waals surface area (Å²) in [5.41, 5.74) is 0.625. The topological polar surface area (TPSA) is 90.5 Å². The van der Waals surface area contributed by atoms with E-state index in [2.05, 4.69) is 22.9 Å². The summed E-state index contributed by atoms with van der Waals surface area (Å²) in [6.45, 7) is 7.09. The minimum Gasteiger partial charge on any atom is -0.350 e. The Morgan fingerprint density at radius 1 is 1.31 bits per heavy atom. The predicted molar refractivity (Wildman–Crippen MR) is 97.4 cm³/mol. The fraction of sp³-hybridized carbons (Fsp3) is 0.526. The largest absolute Gasteiger partial charge is 0.350 e. The Morgan fingerprint density at radius 2 is 2.00 bits per heavy atom. The molecule has 0 spiro atoms. The molecule has 2 fully saturated rings. The molecular formula is C19H26N4O3. The first-order chi connectivity index (χ1) is 12.3. The zero-order chi connectivity index (χ0) is 18.9. The number of piperidine rings is 1. The highest BCUT2D eigenvalue weighted by atomic mass is 16.2. The van der Waals surface area contributed by atoms with Gasteiger partial charge in [0, 0.05) is 12.6 Å². The summed E-state index contributed by atoms with van der Waals surface area (Å²) in [5.74, 6) is -0.361. The van der Waals surface area contributed by atoms with Crippen molar-refractivity contribution in [2.45, 2.75) is 38.8 Å². The van der Waals surface area contributed by atoms with E-state index in [1.165, 1.54) is 0 Å². The van der Waals surface area contributed by atoms with E-state index in [-0.39, 0.29) is 18.5 Å². The normalized spacial score (nSPS) is 28.8. The average molecular weight is 358 g/mol. The van der Waals surface area contributed by atoms with Gasteiger partial charge in [0.2, 0.25) is 5.91 Å². The van der Waals surface area contributed by atoms with Crippen LogP contribution in [-0.4, -0.2) is 48.4 Å². The lowest BCUT2D eigenvalue weighted by Gasteiger charge is -2.30. The van der Waals surface area contributed by atoms with E-state index in [1.54, 1.807) is 6.92 Å². The van der Waals surface area contributed by atoms with E-state index in [0.29, 0.717) is 18.0 Å². The molecule has 2 aliphatic heterocycles. The monoisotopic (exact) mass is 358 g/mol. The van der Waals surface area contributed by atoms with E-state index >= 15 is 0 Å². The molecule has 140 valence electrons. The number of benzene rings is 1. The van der Waals surface area contributed by atoms with Crippen LogP contribution in [0.5, 0.6) is 0 Å². The number of urea groups is 1. The van der Waals surface area contributed by atoms with Crippen LogP contribution in [0, 0.1) is 12.8 Å². The van der Waals surface area contributed by atoms with Crippen LogP contribution in [0.2, 0.25) is 0 Å². The van der Waals surface area contributed by atoms with Gasteiger partial charge < -0.3 is 16.0 Å². The van der Waals surface area contributed by atoms with Gasteiger partial charge in [-0.2, -0.15) is 0 Å². The number of hydrogen-bond donors (Lipinski definition) is 3. The summed E-state index contributed by atoms with van der Waals surface area (Å²) >= 11 is 0. The van der Waals surface area contributed by atoms with Crippen LogP contribution < -0.4 is 16.0 Å². The summed E-state index contributed by atoms with van der Waals surface area (Å²) in [6, 6.07) is 6.92. The minimum atomic E-state index is -1.15. The molecule has 3 unspecified atom stereocenters. The zero-order valence-corrected chi connectivity index (χ0v) is 15.5. The van der Waals surface area contributed by atoms with Crippen molar-refractivity contribution in [2.24, 2.45) is 5.92 Å². The van der Waals surface area contributed by atoms with Crippen LogP contribution in [0.4, 0.5) is 4.79 Å². The number of rotatable bonds is 4. The van der Waals surface area contributed by atoms with E-state index in [1.807, 2.05) is 31.2 Å². The molecule has 26 heavy (non-hydrogen) atoms. The van der Waals surface area contributed by atoms with Crippen LogP contribution in [0.25, 0.3) is 0 Å². The average Bonchev–Trinajstić information content (AvgIpc) is 2.82. The molecule has 2 aliphatic rings. The fourth-order valence-electron chi connectivity index (χ4n) is 3.50. The molecule has 0 radical (unpaired) electrons. The molecule has 7 nitrogen and oxygen atoms in total. The first-order valence-electron chi connectivity index (χ1n) is 9.02. The number of nitrogens with zero attached hydrogens (tertiary/aromatic N) is 1. The van der Waals surface area contributed by atoms with Crippen molar-refractivity contribution in [1.82, 2.24) is 20.9 Å². The molecule has 0 aromatic heterocycles. The number of hydrogen-bond acceptors (Lipinski definition) is 4. The SMILES string of the molecule is Cc1ccc(C2(C)NC(=O)N(CC(=O)NC3CNCCC3C)C2=O)cc1. The van der Waals surface area contributed by atoms with E-state index < -0.39 is 17.5 Å². The lowest BCUT2D eigenvalue weighted by Crippen LogP contribution is -2.53. The van der Waals surface area contributed by atoms with Gasteiger partial charge in [-0.15, -0.1) is 0 Å². The van der Waals surface area contributed by atoms with Gasteiger partial charge in [0.1, 0.15) is 12.1 Å². The molecule has 3 rings (SSSR count). The van der Waals surface area contributed by atoms with Crippen molar-refractivity contribution in [3.05, 3.63) is 35.4 Å². The van der Waals surface area contributed by atoms with E-state index in [0.717, 1.165) is 23.4 Å². The molecule has 0 aliphatic carbocycles. The summed E-state index contributed by atoms with van der Waals surface area (Å²) in [5, 5.41) is 8.91. The van der Waals surface area contributed by atoms with Crippen molar-refractivity contribution in [1.29, 1.82) is 0 Å². The Bertz CT molecular complexity index is 718. The van der Waals surface area contributed by atoms with Gasteiger partial charge in [-0.25, -0.2) is 4.79 Å². The predicted octanol–water partition coefficient (Wildman–Crippen LogP) is 0.876. The van der Waals surface area contributed by atoms with Gasteiger partial charge in [-0.3, -0.25) is 14.5 Å². The third kappa shape index (κ3) is 3.44. The molecule has 0 saturated carbocycles. The quantitative estimate of drug-likeness (QED) is 0.697. The lowest BCUT2D eigenvalue weighted by molar-refractivity contribution is -0.135. The summed E-state index contributed by atoms with van der Waals surface area (Å²) in [4.78, 5) is 38.6. The van der Waals surface area contributed by atoms with Crippen molar-refractivity contribution in [2.75, 3.05) is 19.6 Å². The minimum absolute atomic E-state index is 0.0144. The zero-order valence-electron chi connectivity index (χ0n) is 15.5. The third-order valence-corrected chi connectivity index (χ3v) is 5.38. The van der Waals surface area contributed by atoms with E-state index in [4.69, 9.17) is 0 Å². The highest BCUT2D eigenvalue weighted by Gasteiger charge is 2.49. The molecule has 1 aromatic rings. The van der Waals surface area contributed by atoms with Crippen LogP contribution in [-0.2, 0) is 15.1 Å². The molecule has 4 amide bonds. The first kappa shape index (κ1) is 18.4. The van der Waals surface area contributed by atoms with Crippen LogP contribution in [0.3, 0.4) is 0 Å². The van der Waals surface area contributed by atoms with Crippen LogP contribution in [0.15, 0.2) is 24.3 Å². The maximum Gasteiger partial charge on any atom is 0.325 e. The molecule has 3 N–H and O–H groups in total. The Morgan fingerprint density at radius 3 is 2.65 bits per heavy atom. The van der Waals surface area contributed by atoms with Gasteiger partial charge in [0.05, 0.1) is 0 Å². The fourth-order valence-corrected chi connectivity index (χ4v) is 3.50. The lowest BCUT2D eigenvalue weighted by atomic mass is 9.91. The first-order valence-corrected chi connectivity index (χ1v) is 9.02. The third-order valence-electron chi connectivity index (χ3n) is 5.38. The van der Waals surface area contributed by atoms with Gasteiger partial charge >= 0.3 is 6.03 Å². The number of amides is 4. The standard InChI is InChI=1S/C19H26N4O3/c1-12-4-6-14(7-5-12)19(3)17(25)23(18(26)22-19)11-16(24)21-15-10-20-9-8-13(15)2/h4-7,13,15,20H,8-11H2,1-3H3,(H,21,24)(H,22,26). The highest BCUT2D eigenvalue weighted by molar-refractivity contribution is 6.09. The summed E-state index contributed by atoms with van der Waals surface area (Å²) < 4.78 is 0. The Balaban J connectivity index is 1.68. The van der Waals surface area contributed by atoms with Crippen LogP contribution in [0.1, 0.15) is 31.4 Å². The smallest absolute Gasteiger partial charge is 0.325 e. The van der Waals surface area contributed by atoms with Crippen molar-refractivity contribution >= 4 is 17.8 Å². The molecule has 2 saturated heterocycles. The summed E-state index contributed by atoms with van der Waals surface area (Å²) in [7, 11) is 0. The second-order valence-corrected chi connectivity index (χ2v) is 7.46. The van der Waals surface area contributed by atoms with E-state index in [9.17, 15) is 14.4 Å². The van der Waals surface area contributed by atoms with Crippen molar-refractivity contribution in [3.63, 3.8) is 0 Å². The number of carbonyl (C=O) groups excluding carboxylic acids is 3. The van der Waals surface area contributed by atoms with Gasteiger partial charge in [-0.05, 0) is 38.3 Å². The second-order valence-electron chi connectivity index (χ2n) is 7.46. The van der Waals surface area contributed by atoms with Gasteiger partial charge in [0.25, 0.3) is 5.91 Å². The summed E-state index contributed by atoms with van der Waals surface area (Å²) in [6.07, 6.45) is 0.986. The maximum atomic E-state index is 12.9. The molecule has 3 atom stereocenters. The molecular weight excluding hydrogens is 332 g/mol. The van der Waals surface area contributed by atoms with Gasteiger partial charge in [0.15, 0.2) is 0 Å². The van der Waals surface area contributed by atoms with Gasteiger partial charge in [-0.1, -0.05) is 36.8 Å². The second kappa shape index (κ2) is 7.07. The highest BCUT2D eigenvalue weighted by Crippen LogP contribution is 2.28. The van der Waals surface area contributed by atoms with Crippen molar-refractivity contribution in [3.8, 4) is 0 Å². The number of imide groups is 1. The van der Waals surface area contributed by atoms with Crippen LogP contribution >= 0.6 is 0 Å². The Labute approximate surface area is 153 Å². The maximum absolute atomic E-state index is 12.9. The molecule has 2 heterocycles. The Kier molecular flexibility index (Phi) is 5.00. The molecule has 0 bridgehead atoms. The Hall–Kier alpha value is -2.41. The number of carbonyl (C=O) groups is 3. The van der Waals surface area contributed by atoms with Crippen molar-refractivity contribution < 1.29 is 14.4 Å².